The highest BCUT2D eigenvalue weighted by Gasteiger charge is 2.28. The van der Waals surface area contributed by atoms with E-state index in [0.29, 0.717) is 12.4 Å². The number of rotatable bonds is 8. The van der Waals surface area contributed by atoms with Crippen LogP contribution in [0.1, 0.15) is 41.0 Å². The van der Waals surface area contributed by atoms with E-state index in [1.165, 1.54) is 12.1 Å². The quantitative estimate of drug-likeness (QED) is 0.518. The maximum atomic E-state index is 12.2. The fourth-order valence-electron chi connectivity index (χ4n) is 2.64. The molecule has 10 heteroatoms. The summed E-state index contributed by atoms with van der Waals surface area (Å²) in [4.78, 5) is 37.6. The van der Waals surface area contributed by atoms with Gasteiger partial charge in [-0.1, -0.05) is 18.5 Å². The predicted octanol–water partition coefficient (Wildman–Crippen LogP) is 2.86. The van der Waals surface area contributed by atoms with Gasteiger partial charge in [0.25, 0.3) is 5.56 Å². The number of hydrogen-bond acceptors (Lipinski definition) is 6. The van der Waals surface area contributed by atoms with Crippen molar-refractivity contribution in [2.75, 3.05) is 18.9 Å². The molecule has 1 aromatic heterocycles. The van der Waals surface area contributed by atoms with Gasteiger partial charge in [0.1, 0.15) is 16.9 Å². The van der Waals surface area contributed by atoms with Gasteiger partial charge in [-0.05, 0) is 19.4 Å². The van der Waals surface area contributed by atoms with Crippen LogP contribution in [0, 0.1) is 0 Å². The van der Waals surface area contributed by atoms with Crippen molar-refractivity contribution in [3.63, 3.8) is 0 Å². The van der Waals surface area contributed by atoms with Crippen LogP contribution >= 0.6 is 11.6 Å². The molecule has 0 fully saturated rings. The van der Waals surface area contributed by atoms with E-state index in [9.17, 15) is 24.6 Å². The van der Waals surface area contributed by atoms with Crippen LogP contribution < -0.4 is 20.8 Å². The Morgan fingerprint density at radius 2 is 1.71 bits per heavy atom. The molecule has 0 saturated heterocycles. The second-order valence-corrected chi connectivity index (χ2v) is 6.07. The maximum absolute atomic E-state index is 12.2. The minimum absolute atomic E-state index is 0.0236. The van der Waals surface area contributed by atoms with Crippen LogP contribution in [0.15, 0.2) is 16.9 Å². The first kappa shape index (κ1) is 21.1. The Morgan fingerprint density at radius 3 is 2.25 bits per heavy atom. The van der Waals surface area contributed by atoms with Gasteiger partial charge in [-0.2, -0.15) is 0 Å². The van der Waals surface area contributed by atoms with E-state index in [4.69, 9.17) is 26.8 Å². The summed E-state index contributed by atoms with van der Waals surface area (Å²) >= 11 is 6.30. The Labute approximate surface area is 164 Å². The number of aromatic nitrogens is 1. The summed E-state index contributed by atoms with van der Waals surface area (Å²) < 4.78 is 11.1. The number of nitrogens with two attached hydrogens (primary N) is 1. The topological polar surface area (TPSA) is 152 Å². The van der Waals surface area contributed by atoms with Crippen molar-refractivity contribution in [1.82, 2.24) is 4.98 Å². The molecule has 9 nitrogen and oxygen atoms in total. The first-order chi connectivity index (χ1) is 13.2. The number of carbonyl (C=O) groups is 2. The number of benzene rings is 1. The number of aromatic amines is 1. The van der Waals surface area contributed by atoms with E-state index >= 15 is 0 Å². The molecule has 1 aromatic carbocycles. The maximum Gasteiger partial charge on any atom is 0.342 e. The molecule has 0 atom stereocenters. The third-order valence-electron chi connectivity index (χ3n) is 3.74. The molecular formula is C18H19ClN2O7. The third kappa shape index (κ3) is 4.04. The largest absolute Gasteiger partial charge is 0.490 e. The van der Waals surface area contributed by atoms with Gasteiger partial charge < -0.3 is 30.4 Å². The van der Waals surface area contributed by atoms with E-state index in [1.54, 1.807) is 6.92 Å². The summed E-state index contributed by atoms with van der Waals surface area (Å²) in [5, 5.41) is 19.0. The second kappa shape index (κ2) is 8.66. The van der Waals surface area contributed by atoms with Crippen molar-refractivity contribution in [2.24, 2.45) is 0 Å². The molecule has 150 valence electrons. The Balaban J connectivity index is 2.90. The van der Waals surface area contributed by atoms with Crippen molar-refractivity contribution < 1.29 is 29.3 Å². The number of aromatic carboxylic acids is 2. The Hall–Kier alpha value is -3.20. The molecule has 5 N–H and O–H groups in total. The van der Waals surface area contributed by atoms with Crippen LogP contribution in [0.4, 0.5) is 5.82 Å². The van der Waals surface area contributed by atoms with Crippen LogP contribution in [0.5, 0.6) is 11.5 Å². The smallest absolute Gasteiger partial charge is 0.342 e. The molecule has 0 amide bonds. The van der Waals surface area contributed by atoms with Crippen molar-refractivity contribution in [2.45, 2.75) is 20.3 Å². The van der Waals surface area contributed by atoms with E-state index in [-0.39, 0.29) is 22.9 Å². The zero-order valence-electron chi connectivity index (χ0n) is 15.2. The van der Waals surface area contributed by atoms with Crippen LogP contribution in [-0.4, -0.2) is 40.3 Å². The van der Waals surface area contributed by atoms with Crippen molar-refractivity contribution in [3.05, 3.63) is 38.6 Å². The number of ether oxygens (including phenoxy) is 2. The first-order valence-corrected chi connectivity index (χ1v) is 8.72. The molecule has 28 heavy (non-hydrogen) atoms. The number of pyridine rings is 1. The monoisotopic (exact) mass is 410 g/mol. The fraction of sp³-hybridized carbons (Fsp3) is 0.278. The van der Waals surface area contributed by atoms with Gasteiger partial charge >= 0.3 is 11.9 Å². The number of carboxylic acid groups (broad SMARTS) is 2. The molecule has 2 rings (SSSR count). The molecular weight excluding hydrogens is 392 g/mol. The highest BCUT2D eigenvalue weighted by atomic mass is 35.5. The van der Waals surface area contributed by atoms with Gasteiger partial charge in [0.15, 0.2) is 11.5 Å². The Kier molecular flexibility index (Phi) is 6.53. The molecule has 0 bridgehead atoms. The molecule has 1 heterocycles. The lowest BCUT2D eigenvalue weighted by molar-refractivity contribution is 0.0695. The fourth-order valence-corrected chi connectivity index (χ4v) is 2.88. The van der Waals surface area contributed by atoms with Crippen molar-refractivity contribution in [3.8, 4) is 22.6 Å². The summed E-state index contributed by atoms with van der Waals surface area (Å²) in [7, 11) is 0. The van der Waals surface area contributed by atoms with Crippen molar-refractivity contribution >= 4 is 29.4 Å². The molecule has 0 unspecified atom stereocenters. The first-order valence-electron chi connectivity index (χ1n) is 8.34. The molecule has 0 aliphatic rings. The minimum atomic E-state index is -1.63. The van der Waals surface area contributed by atoms with Crippen LogP contribution in [0.25, 0.3) is 11.1 Å². The number of carboxylic acids is 2. The molecule has 0 radical (unpaired) electrons. The van der Waals surface area contributed by atoms with Gasteiger partial charge in [-0.25, -0.2) is 9.59 Å². The highest BCUT2D eigenvalue weighted by Crippen LogP contribution is 2.41. The van der Waals surface area contributed by atoms with Crippen molar-refractivity contribution in [1.29, 1.82) is 0 Å². The number of halogens is 1. The third-order valence-corrected chi connectivity index (χ3v) is 4.05. The van der Waals surface area contributed by atoms with Gasteiger partial charge in [0, 0.05) is 17.2 Å². The van der Waals surface area contributed by atoms with Crippen LogP contribution in [0.2, 0.25) is 5.02 Å². The lowest BCUT2D eigenvalue weighted by Gasteiger charge is -2.17. The average molecular weight is 411 g/mol. The number of nitrogen functional groups attached to an aromatic ring is 1. The van der Waals surface area contributed by atoms with E-state index in [0.717, 1.165) is 6.42 Å². The second-order valence-electron chi connectivity index (χ2n) is 5.66. The zero-order chi connectivity index (χ0) is 21.0. The van der Waals surface area contributed by atoms with Gasteiger partial charge in [-0.15, -0.1) is 0 Å². The van der Waals surface area contributed by atoms with Gasteiger partial charge in [0.2, 0.25) is 0 Å². The molecule has 0 spiro atoms. The summed E-state index contributed by atoms with van der Waals surface area (Å²) in [5.41, 5.74) is 2.79. The number of hydrogen-bond donors (Lipinski definition) is 4. The lowest BCUT2D eigenvalue weighted by Crippen LogP contribution is -2.24. The normalized spacial score (nSPS) is 10.5. The molecule has 2 aromatic rings. The molecule has 0 saturated carbocycles. The predicted molar refractivity (Wildman–Crippen MR) is 103 cm³/mol. The molecule has 0 aliphatic heterocycles. The average Bonchev–Trinajstić information content (AvgIpc) is 2.60. The minimum Gasteiger partial charge on any atom is -0.490 e. The highest BCUT2D eigenvalue weighted by molar-refractivity contribution is 6.34. The summed E-state index contributed by atoms with van der Waals surface area (Å²) in [6.07, 6.45) is 0.724. The van der Waals surface area contributed by atoms with Crippen LogP contribution in [-0.2, 0) is 0 Å². The Morgan fingerprint density at radius 1 is 1.11 bits per heavy atom. The van der Waals surface area contributed by atoms with E-state index < -0.39 is 40.0 Å². The van der Waals surface area contributed by atoms with Gasteiger partial charge in [0.05, 0.1) is 18.2 Å². The summed E-state index contributed by atoms with van der Waals surface area (Å²) in [6.45, 7) is 4.29. The van der Waals surface area contributed by atoms with Crippen LogP contribution in [0.3, 0.4) is 0 Å². The van der Waals surface area contributed by atoms with E-state index in [2.05, 4.69) is 0 Å². The number of anilines is 1. The summed E-state index contributed by atoms with van der Waals surface area (Å²) in [6, 6.07) is 2.72. The number of H-pyrrole nitrogens is 1. The summed E-state index contributed by atoms with van der Waals surface area (Å²) in [5.74, 6) is -3.10. The van der Waals surface area contributed by atoms with Gasteiger partial charge in [-0.3, -0.25) is 4.79 Å². The lowest BCUT2D eigenvalue weighted by atomic mass is 9.95. The SMILES string of the molecule is CCCOc1cc(Cl)c(-c2c(C(=O)O)c(N)[nH]c(=O)c2C(=O)O)cc1OCC. The zero-order valence-corrected chi connectivity index (χ0v) is 15.9. The number of nitrogens with one attached hydrogen (secondary N) is 1. The molecule has 0 aliphatic carbocycles. The standard InChI is InChI=1S/C18H19ClN2O7/c1-3-5-28-11-7-9(19)8(6-10(11)27-4-2)12-13(17(23)24)15(20)21-16(22)14(12)18(25)26/h6-7H,3-5H2,1-2H3,(H,23,24)(H,25,26)(H3,20,21,22). The van der Waals surface area contributed by atoms with E-state index in [1.807, 2.05) is 11.9 Å². The Bertz CT molecular complexity index is 985.